The third-order valence-electron chi connectivity index (χ3n) is 2.11. The molecular formula is C16H26O4. The molecule has 0 aromatic carbocycles. The summed E-state index contributed by atoms with van der Waals surface area (Å²) >= 11 is 0. The topological polar surface area (TPSA) is 55.8 Å². The number of rotatable bonds is 10. The van der Waals surface area contributed by atoms with Gasteiger partial charge >= 0.3 is 5.97 Å². The Bertz CT molecular complexity index is 286. The number of carbonyl (C=O) groups excluding carboxylic acids is 1. The Morgan fingerprint density at radius 3 is 2.20 bits per heavy atom. The minimum absolute atomic E-state index is 0.0455. The first-order valence-corrected chi connectivity index (χ1v) is 6.94. The fraction of sp³-hybridized carbons (Fsp3) is 0.688. The largest absolute Gasteiger partial charge is 0.464 e. The molecule has 1 N–H and O–H groups in total. The normalized spacial score (nSPS) is 8.80. The molecule has 4 heteroatoms. The van der Waals surface area contributed by atoms with Crippen molar-refractivity contribution in [1.29, 1.82) is 0 Å². The molecule has 0 heterocycles. The van der Waals surface area contributed by atoms with E-state index < -0.39 is 0 Å². The highest BCUT2D eigenvalue weighted by Crippen LogP contribution is 1.94. The summed E-state index contributed by atoms with van der Waals surface area (Å²) in [5.74, 6) is 4.73. The average molecular weight is 282 g/mol. The molecule has 0 fully saturated rings. The van der Waals surface area contributed by atoms with E-state index in [0.717, 1.165) is 38.5 Å². The molecule has 0 bridgehead atoms. The Balaban J connectivity index is 0. The van der Waals surface area contributed by atoms with Gasteiger partial charge in [0.25, 0.3) is 0 Å². The Morgan fingerprint density at radius 2 is 1.70 bits per heavy atom. The van der Waals surface area contributed by atoms with Gasteiger partial charge in [-0.3, -0.25) is 0 Å². The van der Waals surface area contributed by atoms with Gasteiger partial charge in [0.15, 0.2) is 0 Å². The maximum Gasteiger partial charge on any atom is 0.332 e. The van der Waals surface area contributed by atoms with Crippen LogP contribution < -0.4 is 0 Å². The van der Waals surface area contributed by atoms with E-state index in [-0.39, 0.29) is 19.2 Å². The highest BCUT2D eigenvalue weighted by molar-refractivity contribution is 5.70. The van der Waals surface area contributed by atoms with Gasteiger partial charge in [0.05, 0.1) is 6.61 Å². The summed E-state index contributed by atoms with van der Waals surface area (Å²) in [5, 5.41) is 8.22. The molecule has 0 amide bonds. The highest BCUT2D eigenvalue weighted by atomic mass is 16.6. The first kappa shape index (κ1) is 20.8. The summed E-state index contributed by atoms with van der Waals surface area (Å²) in [6.45, 7) is 3.05. The van der Waals surface area contributed by atoms with Crippen LogP contribution in [0.1, 0.15) is 45.4 Å². The number of hydrogen-bond donors (Lipinski definition) is 1. The molecule has 0 aromatic heterocycles. The first-order chi connectivity index (χ1) is 9.72. The van der Waals surface area contributed by atoms with Crippen molar-refractivity contribution in [3.63, 3.8) is 0 Å². The SMILES string of the molecule is C#CCCCCO.C#CCCCCOCC(=O)OCC. The minimum atomic E-state index is -0.306. The summed E-state index contributed by atoms with van der Waals surface area (Å²) in [6.07, 6.45) is 15.2. The third kappa shape index (κ3) is 21.8. The fourth-order valence-corrected chi connectivity index (χ4v) is 1.13. The van der Waals surface area contributed by atoms with Crippen molar-refractivity contribution in [2.45, 2.75) is 45.4 Å². The summed E-state index contributed by atoms with van der Waals surface area (Å²) in [5.41, 5.74) is 0. The van der Waals surface area contributed by atoms with E-state index in [9.17, 15) is 4.79 Å². The van der Waals surface area contributed by atoms with E-state index in [4.69, 9.17) is 22.7 Å². The van der Waals surface area contributed by atoms with Crippen LogP contribution in [-0.4, -0.2) is 37.5 Å². The van der Waals surface area contributed by atoms with Crippen molar-refractivity contribution in [2.75, 3.05) is 26.4 Å². The molecule has 0 atom stereocenters. The Labute approximate surface area is 122 Å². The Kier molecular flexibility index (Phi) is 20.7. The van der Waals surface area contributed by atoms with Crippen molar-refractivity contribution >= 4 is 5.97 Å². The van der Waals surface area contributed by atoms with Gasteiger partial charge in [0, 0.05) is 26.1 Å². The van der Waals surface area contributed by atoms with Crippen LogP contribution in [0.5, 0.6) is 0 Å². The molecule has 0 aliphatic rings. The smallest absolute Gasteiger partial charge is 0.332 e. The lowest BCUT2D eigenvalue weighted by molar-refractivity contribution is -0.148. The van der Waals surface area contributed by atoms with Crippen LogP contribution in [0.2, 0.25) is 0 Å². The summed E-state index contributed by atoms with van der Waals surface area (Å²) in [7, 11) is 0. The van der Waals surface area contributed by atoms with Crippen molar-refractivity contribution < 1.29 is 19.4 Å². The quantitative estimate of drug-likeness (QED) is 0.379. The number of unbranched alkanes of at least 4 members (excludes halogenated alkanes) is 4. The standard InChI is InChI=1S/C10H16O3.C6H10O/c1-3-5-6-7-8-12-9-10(11)13-4-2;1-2-3-4-5-6-7/h1H,4-9H2,2H3;1,7H,3-6H2. The predicted octanol–water partition coefficient (Wildman–Crippen LogP) is 2.15. The molecule has 4 nitrogen and oxygen atoms in total. The fourth-order valence-electron chi connectivity index (χ4n) is 1.13. The summed E-state index contributed by atoms with van der Waals surface area (Å²) in [6, 6.07) is 0. The van der Waals surface area contributed by atoms with Gasteiger partial charge < -0.3 is 14.6 Å². The van der Waals surface area contributed by atoms with Gasteiger partial charge in [-0.15, -0.1) is 24.7 Å². The van der Waals surface area contributed by atoms with Gasteiger partial charge in [-0.25, -0.2) is 4.79 Å². The minimum Gasteiger partial charge on any atom is -0.464 e. The van der Waals surface area contributed by atoms with E-state index in [1.165, 1.54) is 0 Å². The van der Waals surface area contributed by atoms with Crippen LogP contribution >= 0.6 is 0 Å². The van der Waals surface area contributed by atoms with Crippen molar-refractivity contribution in [1.82, 2.24) is 0 Å². The maximum atomic E-state index is 10.8. The zero-order valence-electron chi connectivity index (χ0n) is 12.4. The van der Waals surface area contributed by atoms with E-state index >= 15 is 0 Å². The van der Waals surface area contributed by atoms with Crippen LogP contribution in [0.15, 0.2) is 0 Å². The van der Waals surface area contributed by atoms with Gasteiger partial charge in [0.1, 0.15) is 6.61 Å². The Morgan fingerprint density at radius 1 is 1.10 bits per heavy atom. The number of ether oxygens (including phenoxy) is 2. The van der Waals surface area contributed by atoms with Crippen LogP contribution in [-0.2, 0) is 14.3 Å². The monoisotopic (exact) mass is 282 g/mol. The van der Waals surface area contributed by atoms with E-state index in [1.807, 2.05) is 0 Å². The number of terminal acetylenes is 2. The van der Waals surface area contributed by atoms with Crippen LogP contribution in [0.3, 0.4) is 0 Å². The molecule has 0 saturated heterocycles. The molecule has 0 spiro atoms. The molecule has 0 unspecified atom stereocenters. The van der Waals surface area contributed by atoms with Crippen molar-refractivity contribution in [3.05, 3.63) is 0 Å². The highest BCUT2D eigenvalue weighted by Gasteiger charge is 1.99. The number of aliphatic hydroxyl groups excluding tert-OH is 1. The zero-order valence-corrected chi connectivity index (χ0v) is 12.4. The van der Waals surface area contributed by atoms with Crippen LogP contribution in [0, 0.1) is 24.7 Å². The number of esters is 1. The summed E-state index contributed by atoms with van der Waals surface area (Å²) < 4.78 is 9.72. The number of aliphatic hydroxyl groups is 1. The van der Waals surface area contributed by atoms with Crippen molar-refractivity contribution in [3.8, 4) is 24.7 Å². The lowest BCUT2D eigenvalue weighted by Crippen LogP contribution is -2.12. The second kappa shape index (κ2) is 19.8. The van der Waals surface area contributed by atoms with E-state index in [0.29, 0.717) is 13.2 Å². The van der Waals surface area contributed by atoms with E-state index in [1.54, 1.807) is 6.92 Å². The third-order valence-corrected chi connectivity index (χ3v) is 2.11. The van der Waals surface area contributed by atoms with Crippen molar-refractivity contribution in [2.24, 2.45) is 0 Å². The van der Waals surface area contributed by atoms with Crippen LogP contribution in [0.25, 0.3) is 0 Å². The first-order valence-electron chi connectivity index (χ1n) is 6.94. The number of hydrogen-bond acceptors (Lipinski definition) is 4. The van der Waals surface area contributed by atoms with Gasteiger partial charge in [-0.1, -0.05) is 0 Å². The molecule has 0 saturated carbocycles. The molecule has 114 valence electrons. The molecule has 0 aliphatic heterocycles. The van der Waals surface area contributed by atoms with Crippen LogP contribution in [0.4, 0.5) is 0 Å². The maximum absolute atomic E-state index is 10.8. The lowest BCUT2D eigenvalue weighted by atomic mass is 10.2. The predicted molar refractivity (Wildman–Crippen MR) is 79.9 cm³/mol. The molecule has 0 rings (SSSR count). The Hall–Kier alpha value is -1.49. The molecule has 0 radical (unpaired) electrons. The van der Waals surface area contributed by atoms with E-state index in [2.05, 4.69) is 16.6 Å². The molecular weight excluding hydrogens is 256 g/mol. The molecule has 20 heavy (non-hydrogen) atoms. The second-order valence-electron chi connectivity index (χ2n) is 3.90. The second-order valence-corrected chi connectivity index (χ2v) is 3.90. The van der Waals surface area contributed by atoms with Gasteiger partial charge in [-0.05, 0) is 32.6 Å². The summed E-state index contributed by atoms with van der Waals surface area (Å²) in [4.78, 5) is 10.8. The lowest BCUT2D eigenvalue weighted by Gasteiger charge is -2.02. The molecule has 0 aliphatic carbocycles. The average Bonchev–Trinajstić information content (AvgIpc) is 2.44. The zero-order chi connectivity index (χ0) is 15.5. The van der Waals surface area contributed by atoms with Gasteiger partial charge in [0.2, 0.25) is 0 Å². The molecule has 0 aromatic rings. The number of carbonyl (C=O) groups is 1. The van der Waals surface area contributed by atoms with Gasteiger partial charge in [-0.2, -0.15) is 0 Å².